The van der Waals surface area contributed by atoms with Gasteiger partial charge in [0.05, 0.1) is 0 Å². The quantitative estimate of drug-likeness (QED) is 0.895. The zero-order valence-corrected chi connectivity index (χ0v) is 14.1. The molecule has 6 rings (SSSR count). The van der Waals surface area contributed by atoms with Gasteiger partial charge in [-0.15, -0.1) is 0 Å². The van der Waals surface area contributed by atoms with Crippen LogP contribution in [-0.2, 0) is 12.8 Å². The first-order chi connectivity index (χ1) is 11.2. The molecule has 0 amide bonds. The summed E-state index contributed by atoms with van der Waals surface area (Å²) in [5, 5.41) is 4.04. The summed E-state index contributed by atoms with van der Waals surface area (Å²) in [4.78, 5) is 0. The van der Waals surface area contributed by atoms with Gasteiger partial charge in [-0.3, -0.25) is 0 Å². The number of hydrogen-bond acceptors (Lipinski definition) is 2. The predicted octanol–water partition coefficient (Wildman–Crippen LogP) is 3.29. The maximum atomic E-state index is 6.31. The van der Waals surface area contributed by atoms with Gasteiger partial charge in [0.25, 0.3) is 0 Å². The molecule has 1 unspecified atom stereocenters. The van der Waals surface area contributed by atoms with Crippen LogP contribution in [0, 0.1) is 23.2 Å². The van der Waals surface area contributed by atoms with Crippen LogP contribution in [0.3, 0.4) is 0 Å². The maximum Gasteiger partial charge on any atom is 0.0249 e. The fourth-order valence-electron chi connectivity index (χ4n) is 7.06. The number of rotatable bonds is 4. The molecule has 5 aliphatic carbocycles. The summed E-state index contributed by atoms with van der Waals surface area (Å²) in [6.07, 6.45) is 11.3. The van der Waals surface area contributed by atoms with Gasteiger partial charge in [0.15, 0.2) is 0 Å². The van der Waals surface area contributed by atoms with E-state index in [4.69, 9.17) is 5.73 Å². The van der Waals surface area contributed by atoms with Gasteiger partial charge in [0.1, 0.15) is 0 Å². The van der Waals surface area contributed by atoms with Crippen molar-refractivity contribution in [3.63, 3.8) is 0 Å². The van der Waals surface area contributed by atoms with Crippen molar-refractivity contribution in [3.05, 3.63) is 35.4 Å². The van der Waals surface area contributed by atoms with Crippen molar-refractivity contribution in [1.82, 2.24) is 5.32 Å². The molecule has 0 radical (unpaired) electrons. The molecule has 4 bridgehead atoms. The van der Waals surface area contributed by atoms with Crippen LogP contribution in [0.5, 0.6) is 0 Å². The largest absolute Gasteiger partial charge is 0.329 e. The van der Waals surface area contributed by atoms with Gasteiger partial charge >= 0.3 is 0 Å². The SMILES string of the molecule is NCC(NC1Cc2ccccc2C1)C12CC3CC(CC(C3)C1)C2. The Morgan fingerprint density at radius 2 is 1.48 bits per heavy atom. The van der Waals surface area contributed by atoms with E-state index in [9.17, 15) is 0 Å². The van der Waals surface area contributed by atoms with Crippen LogP contribution < -0.4 is 11.1 Å². The van der Waals surface area contributed by atoms with Crippen molar-refractivity contribution in [1.29, 1.82) is 0 Å². The van der Waals surface area contributed by atoms with Gasteiger partial charge in [0.2, 0.25) is 0 Å². The standard InChI is InChI=1S/C21H30N2/c22-13-20(23-19-8-17-3-1-2-4-18(17)9-19)21-10-14-5-15(11-21)7-16(6-14)12-21/h1-4,14-16,19-20,23H,5-13,22H2. The van der Waals surface area contributed by atoms with E-state index in [0.717, 1.165) is 24.3 Å². The highest BCUT2D eigenvalue weighted by Gasteiger charge is 2.54. The van der Waals surface area contributed by atoms with Gasteiger partial charge in [-0.25, -0.2) is 0 Å². The van der Waals surface area contributed by atoms with Crippen LogP contribution in [0.4, 0.5) is 0 Å². The molecule has 3 N–H and O–H groups in total. The molecule has 0 heterocycles. The Bertz CT molecular complexity index is 533. The highest BCUT2D eigenvalue weighted by atomic mass is 15.0. The first kappa shape index (κ1) is 14.5. The summed E-state index contributed by atoms with van der Waals surface area (Å²) in [5.41, 5.74) is 9.94. The van der Waals surface area contributed by atoms with Crippen molar-refractivity contribution in [2.75, 3.05) is 6.54 Å². The van der Waals surface area contributed by atoms with Crippen LogP contribution in [0.25, 0.3) is 0 Å². The van der Waals surface area contributed by atoms with E-state index in [1.807, 2.05) is 0 Å². The Balaban J connectivity index is 1.34. The fourth-order valence-corrected chi connectivity index (χ4v) is 7.06. The first-order valence-electron chi connectivity index (χ1n) is 9.77. The normalized spacial score (nSPS) is 39.6. The molecule has 0 aliphatic heterocycles. The van der Waals surface area contributed by atoms with Crippen LogP contribution >= 0.6 is 0 Å². The molecule has 0 aromatic heterocycles. The van der Waals surface area contributed by atoms with Crippen molar-refractivity contribution in [2.45, 2.75) is 63.5 Å². The molecular formula is C21H30N2. The van der Waals surface area contributed by atoms with E-state index in [2.05, 4.69) is 29.6 Å². The Hall–Kier alpha value is -0.860. The maximum absolute atomic E-state index is 6.31. The molecule has 1 aromatic rings. The summed E-state index contributed by atoms with van der Waals surface area (Å²) in [6.45, 7) is 0.818. The van der Waals surface area contributed by atoms with E-state index in [-0.39, 0.29) is 0 Å². The van der Waals surface area contributed by atoms with E-state index < -0.39 is 0 Å². The monoisotopic (exact) mass is 310 g/mol. The zero-order valence-electron chi connectivity index (χ0n) is 14.1. The number of benzene rings is 1. The third-order valence-corrected chi connectivity index (χ3v) is 7.55. The van der Waals surface area contributed by atoms with Gasteiger partial charge in [-0.1, -0.05) is 24.3 Å². The molecule has 4 fully saturated rings. The van der Waals surface area contributed by atoms with Crippen LogP contribution in [0.1, 0.15) is 49.7 Å². The number of fused-ring (bicyclic) bond motifs is 1. The van der Waals surface area contributed by atoms with Crippen molar-refractivity contribution >= 4 is 0 Å². The lowest BCUT2D eigenvalue weighted by atomic mass is 9.47. The molecule has 2 nitrogen and oxygen atoms in total. The lowest BCUT2D eigenvalue weighted by Gasteiger charge is -2.59. The molecule has 4 saturated carbocycles. The summed E-state index contributed by atoms with van der Waals surface area (Å²) in [5.74, 6) is 3.04. The highest BCUT2D eigenvalue weighted by Crippen LogP contribution is 2.61. The molecule has 0 saturated heterocycles. The third-order valence-electron chi connectivity index (χ3n) is 7.55. The lowest BCUT2D eigenvalue weighted by Crippen LogP contribution is -2.60. The van der Waals surface area contributed by atoms with Gasteiger partial charge in [0, 0.05) is 18.6 Å². The summed E-state index contributed by atoms with van der Waals surface area (Å²) < 4.78 is 0. The smallest absolute Gasteiger partial charge is 0.0249 e. The van der Waals surface area contributed by atoms with E-state index in [1.54, 1.807) is 11.1 Å². The second kappa shape index (κ2) is 5.32. The summed E-state index contributed by atoms with van der Waals surface area (Å²) in [7, 11) is 0. The molecule has 2 heteroatoms. The summed E-state index contributed by atoms with van der Waals surface area (Å²) >= 11 is 0. The van der Waals surface area contributed by atoms with Crippen molar-refractivity contribution in [2.24, 2.45) is 28.9 Å². The molecule has 1 atom stereocenters. The highest BCUT2D eigenvalue weighted by molar-refractivity contribution is 5.33. The fraction of sp³-hybridized carbons (Fsp3) is 0.714. The molecule has 5 aliphatic rings. The molecule has 23 heavy (non-hydrogen) atoms. The molecule has 124 valence electrons. The van der Waals surface area contributed by atoms with E-state index >= 15 is 0 Å². The second-order valence-electron chi connectivity index (χ2n) is 9.11. The Morgan fingerprint density at radius 1 is 0.957 bits per heavy atom. The third kappa shape index (κ3) is 2.37. The number of nitrogens with one attached hydrogen (secondary N) is 1. The summed E-state index contributed by atoms with van der Waals surface area (Å²) in [6, 6.07) is 10.1. The second-order valence-corrected chi connectivity index (χ2v) is 9.11. The van der Waals surface area contributed by atoms with Gasteiger partial charge < -0.3 is 11.1 Å². The van der Waals surface area contributed by atoms with E-state index in [1.165, 1.54) is 51.4 Å². The minimum Gasteiger partial charge on any atom is -0.329 e. The first-order valence-corrected chi connectivity index (χ1v) is 9.77. The van der Waals surface area contributed by atoms with Crippen LogP contribution in [-0.4, -0.2) is 18.6 Å². The Kier molecular flexibility index (Phi) is 3.35. The average molecular weight is 310 g/mol. The lowest BCUT2D eigenvalue weighted by molar-refractivity contribution is -0.0736. The van der Waals surface area contributed by atoms with Crippen LogP contribution in [0.2, 0.25) is 0 Å². The minimum atomic E-state index is 0.526. The van der Waals surface area contributed by atoms with Crippen LogP contribution in [0.15, 0.2) is 24.3 Å². The van der Waals surface area contributed by atoms with Gasteiger partial charge in [-0.05, 0) is 85.7 Å². The van der Waals surface area contributed by atoms with E-state index in [0.29, 0.717) is 17.5 Å². The van der Waals surface area contributed by atoms with Crippen molar-refractivity contribution < 1.29 is 0 Å². The average Bonchev–Trinajstić information content (AvgIpc) is 2.93. The van der Waals surface area contributed by atoms with Gasteiger partial charge in [-0.2, -0.15) is 0 Å². The minimum absolute atomic E-state index is 0.526. The molecule has 1 aromatic carbocycles. The number of hydrogen-bond donors (Lipinski definition) is 2. The topological polar surface area (TPSA) is 38.0 Å². The molecular weight excluding hydrogens is 280 g/mol. The Morgan fingerprint density at radius 3 is 1.96 bits per heavy atom. The number of nitrogens with two attached hydrogens (primary N) is 1. The molecule has 0 spiro atoms. The Labute approximate surface area is 140 Å². The predicted molar refractivity (Wildman–Crippen MR) is 94.2 cm³/mol. The zero-order chi connectivity index (χ0) is 15.4. The van der Waals surface area contributed by atoms with Crippen molar-refractivity contribution in [3.8, 4) is 0 Å².